The lowest BCUT2D eigenvalue weighted by molar-refractivity contribution is 0.0961. The highest BCUT2D eigenvalue weighted by molar-refractivity contribution is 6.35. The molecule has 0 aliphatic rings. The van der Waals surface area contributed by atoms with Gasteiger partial charge in [0.1, 0.15) is 5.69 Å². The van der Waals surface area contributed by atoms with Gasteiger partial charge in [0, 0.05) is 41.3 Å². The van der Waals surface area contributed by atoms with E-state index < -0.39 is 0 Å². The topological polar surface area (TPSA) is 63.1 Å². The zero-order chi connectivity index (χ0) is 17.3. The molecule has 0 atom stereocenters. The van der Waals surface area contributed by atoms with Gasteiger partial charge in [0.15, 0.2) is 0 Å². The molecule has 5 nitrogen and oxygen atoms in total. The Hall–Kier alpha value is -2.79. The van der Waals surface area contributed by atoms with Crippen molar-refractivity contribution in [2.45, 2.75) is 0 Å². The number of aryl methyl sites for hydroxylation is 1. The molecular formula is C18H16ClN3O2. The number of fused-ring (bicyclic) bond motifs is 1. The van der Waals surface area contributed by atoms with Gasteiger partial charge in [-0.15, -0.1) is 0 Å². The van der Waals surface area contributed by atoms with E-state index in [0.29, 0.717) is 22.0 Å². The molecule has 3 aromatic rings. The Labute approximate surface area is 144 Å². The Balaban J connectivity index is 1.92. The van der Waals surface area contributed by atoms with E-state index in [1.54, 1.807) is 48.0 Å². The lowest BCUT2D eigenvalue weighted by atomic mass is 10.2. The Morgan fingerprint density at radius 3 is 2.50 bits per heavy atom. The minimum atomic E-state index is -0.265. The van der Waals surface area contributed by atoms with Crippen LogP contribution in [-0.2, 0) is 7.05 Å². The molecule has 0 saturated carbocycles. The predicted molar refractivity (Wildman–Crippen MR) is 95.7 cm³/mol. The molecule has 122 valence electrons. The highest BCUT2D eigenvalue weighted by Crippen LogP contribution is 2.26. The fourth-order valence-electron chi connectivity index (χ4n) is 2.62. The molecule has 0 aliphatic carbocycles. The molecule has 6 heteroatoms. The molecule has 1 heterocycles. The Morgan fingerprint density at radius 1 is 1.04 bits per heavy atom. The molecule has 0 radical (unpaired) electrons. The van der Waals surface area contributed by atoms with Gasteiger partial charge in [-0.3, -0.25) is 9.59 Å². The van der Waals surface area contributed by atoms with Crippen LogP contribution in [0.15, 0.2) is 48.5 Å². The van der Waals surface area contributed by atoms with Crippen LogP contribution in [0.5, 0.6) is 0 Å². The SMILES string of the molecule is CNC(=O)c1cccc(NC(=O)c2cc3c(Cl)cccc3n2C)c1. The van der Waals surface area contributed by atoms with Crippen LogP contribution in [0, 0.1) is 0 Å². The van der Waals surface area contributed by atoms with E-state index in [1.807, 2.05) is 19.2 Å². The molecular weight excluding hydrogens is 326 g/mol. The van der Waals surface area contributed by atoms with Crippen molar-refractivity contribution in [1.82, 2.24) is 9.88 Å². The number of amides is 2. The summed E-state index contributed by atoms with van der Waals surface area (Å²) in [4.78, 5) is 24.3. The minimum Gasteiger partial charge on any atom is -0.355 e. The number of benzene rings is 2. The van der Waals surface area contributed by atoms with Crippen LogP contribution < -0.4 is 10.6 Å². The number of carbonyl (C=O) groups is 2. The van der Waals surface area contributed by atoms with Crippen LogP contribution in [0.25, 0.3) is 10.9 Å². The summed E-state index contributed by atoms with van der Waals surface area (Å²) in [7, 11) is 3.38. The number of aromatic nitrogens is 1. The fourth-order valence-corrected chi connectivity index (χ4v) is 2.84. The van der Waals surface area contributed by atoms with Crippen LogP contribution >= 0.6 is 11.6 Å². The Bertz CT molecular complexity index is 947. The van der Waals surface area contributed by atoms with E-state index in [2.05, 4.69) is 10.6 Å². The molecule has 3 rings (SSSR count). The molecule has 2 N–H and O–H groups in total. The zero-order valence-corrected chi connectivity index (χ0v) is 14.0. The molecule has 24 heavy (non-hydrogen) atoms. The fraction of sp³-hybridized carbons (Fsp3) is 0.111. The number of anilines is 1. The van der Waals surface area contributed by atoms with E-state index in [-0.39, 0.29) is 11.8 Å². The van der Waals surface area contributed by atoms with Crippen molar-refractivity contribution in [2.24, 2.45) is 7.05 Å². The number of halogens is 1. The molecule has 0 saturated heterocycles. The summed E-state index contributed by atoms with van der Waals surface area (Å²) in [5.41, 5.74) is 2.41. The van der Waals surface area contributed by atoms with Crippen molar-refractivity contribution in [2.75, 3.05) is 12.4 Å². The van der Waals surface area contributed by atoms with Crippen molar-refractivity contribution in [3.63, 3.8) is 0 Å². The van der Waals surface area contributed by atoms with Gasteiger partial charge in [-0.1, -0.05) is 23.7 Å². The molecule has 0 aliphatic heterocycles. The zero-order valence-electron chi connectivity index (χ0n) is 13.3. The first-order chi connectivity index (χ1) is 11.5. The normalized spacial score (nSPS) is 10.6. The van der Waals surface area contributed by atoms with Crippen LogP contribution in [0.4, 0.5) is 5.69 Å². The average Bonchev–Trinajstić information content (AvgIpc) is 2.93. The minimum absolute atomic E-state index is 0.206. The molecule has 1 aromatic heterocycles. The van der Waals surface area contributed by atoms with Gasteiger partial charge in [0.25, 0.3) is 11.8 Å². The molecule has 2 aromatic carbocycles. The number of hydrogen-bond donors (Lipinski definition) is 2. The van der Waals surface area contributed by atoms with Crippen molar-refractivity contribution < 1.29 is 9.59 Å². The summed E-state index contributed by atoms with van der Waals surface area (Å²) in [5, 5.41) is 6.80. The largest absolute Gasteiger partial charge is 0.355 e. The van der Waals surface area contributed by atoms with Crippen molar-refractivity contribution in [3.05, 3.63) is 64.8 Å². The van der Waals surface area contributed by atoms with E-state index in [0.717, 1.165) is 10.9 Å². The summed E-state index contributed by atoms with van der Waals surface area (Å²) in [6.45, 7) is 0. The summed E-state index contributed by atoms with van der Waals surface area (Å²) in [5.74, 6) is -0.471. The van der Waals surface area contributed by atoms with Crippen molar-refractivity contribution in [1.29, 1.82) is 0 Å². The lowest BCUT2D eigenvalue weighted by Gasteiger charge is -2.08. The molecule has 0 bridgehead atoms. The van der Waals surface area contributed by atoms with E-state index in [9.17, 15) is 9.59 Å². The number of nitrogens with zero attached hydrogens (tertiary/aromatic N) is 1. The van der Waals surface area contributed by atoms with Crippen molar-refractivity contribution in [3.8, 4) is 0 Å². The van der Waals surface area contributed by atoms with E-state index in [1.165, 1.54) is 0 Å². The Kier molecular flexibility index (Phi) is 4.27. The highest BCUT2D eigenvalue weighted by atomic mass is 35.5. The second-order valence-electron chi connectivity index (χ2n) is 5.38. The number of carbonyl (C=O) groups excluding carboxylic acids is 2. The smallest absolute Gasteiger partial charge is 0.272 e. The van der Waals surface area contributed by atoms with Crippen LogP contribution in [-0.4, -0.2) is 23.4 Å². The van der Waals surface area contributed by atoms with Crippen LogP contribution in [0.2, 0.25) is 5.02 Å². The van der Waals surface area contributed by atoms with Gasteiger partial charge >= 0.3 is 0 Å². The van der Waals surface area contributed by atoms with E-state index in [4.69, 9.17) is 11.6 Å². The van der Waals surface area contributed by atoms with Gasteiger partial charge in [0.2, 0.25) is 0 Å². The predicted octanol–water partition coefficient (Wildman–Crippen LogP) is 3.44. The van der Waals surface area contributed by atoms with E-state index >= 15 is 0 Å². The maximum atomic E-state index is 12.6. The van der Waals surface area contributed by atoms with Gasteiger partial charge < -0.3 is 15.2 Å². The van der Waals surface area contributed by atoms with Crippen LogP contribution in [0.3, 0.4) is 0 Å². The monoisotopic (exact) mass is 341 g/mol. The Morgan fingerprint density at radius 2 is 1.79 bits per heavy atom. The van der Waals surface area contributed by atoms with Crippen molar-refractivity contribution >= 4 is 40.0 Å². The molecule has 0 spiro atoms. The summed E-state index contributed by atoms with van der Waals surface area (Å²) >= 11 is 6.19. The summed E-state index contributed by atoms with van der Waals surface area (Å²) in [6, 6.07) is 14.1. The molecule has 0 fully saturated rings. The third-order valence-electron chi connectivity index (χ3n) is 3.88. The number of hydrogen-bond acceptors (Lipinski definition) is 2. The quantitative estimate of drug-likeness (QED) is 0.766. The number of rotatable bonds is 3. The van der Waals surface area contributed by atoms with Gasteiger partial charge in [-0.05, 0) is 36.4 Å². The third-order valence-corrected chi connectivity index (χ3v) is 4.21. The third kappa shape index (κ3) is 2.86. The standard InChI is InChI=1S/C18H16ClN3O2/c1-20-17(23)11-5-3-6-12(9-11)21-18(24)16-10-13-14(19)7-4-8-15(13)22(16)2/h3-10H,1-2H3,(H,20,23)(H,21,24). The van der Waals surface area contributed by atoms with Gasteiger partial charge in [0.05, 0.1) is 0 Å². The number of nitrogens with one attached hydrogen (secondary N) is 2. The molecule has 2 amide bonds. The van der Waals surface area contributed by atoms with Gasteiger partial charge in [-0.25, -0.2) is 0 Å². The first-order valence-corrected chi connectivity index (χ1v) is 7.76. The van der Waals surface area contributed by atoms with Crippen LogP contribution in [0.1, 0.15) is 20.8 Å². The lowest BCUT2D eigenvalue weighted by Crippen LogP contribution is -2.19. The average molecular weight is 342 g/mol. The second-order valence-corrected chi connectivity index (χ2v) is 5.78. The summed E-state index contributed by atoms with van der Waals surface area (Å²) in [6.07, 6.45) is 0. The first kappa shape index (κ1) is 16.1. The maximum absolute atomic E-state index is 12.6. The highest BCUT2D eigenvalue weighted by Gasteiger charge is 2.15. The second kappa shape index (κ2) is 6.37. The summed E-state index contributed by atoms with van der Waals surface area (Å²) < 4.78 is 1.79. The first-order valence-electron chi connectivity index (χ1n) is 7.38. The molecule has 0 unspecified atom stereocenters. The maximum Gasteiger partial charge on any atom is 0.272 e. The van der Waals surface area contributed by atoms with Gasteiger partial charge in [-0.2, -0.15) is 0 Å².